The third-order valence-electron chi connectivity index (χ3n) is 6.00. The van der Waals surface area contributed by atoms with Gasteiger partial charge in [0.05, 0.1) is 22.7 Å². The highest BCUT2D eigenvalue weighted by Gasteiger charge is 2.34. The first-order chi connectivity index (χ1) is 15.6. The van der Waals surface area contributed by atoms with Crippen molar-refractivity contribution >= 4 is 26.8 Å². The molecular formula is C23H28N4O3S. The average Bonchev–Trinajstić information content (AvgIpc) is 3.27. The first kappa shape index (κ1) is 19.0. The summed E-state index contributed by atoms with van der Waals surface area (Å²) in [6.07, 6.45) is 2.33. The lowest BCUT2D eigenvalue weighted by Crippen LogP contribution is -2.45. The van der Waals surface area contributed by atoms with Crippen LogP contribution in [-0.4, -0.2) is 53.3 Å². The SMILES string of the molecule is [2H]C([2H])(C)N(C(=O)C1CCN(S(=O)(=O)c2ccc3cn[nH]c3c2)CC1)[C@H](C)c1ccccc1. The van der Waals surface area contributed by atoms with Crippen molar-refractivity contribution in [1.29, 1.82) is 0 Å². The van der Waals surface area contributed by atoms with Gasteiger partial charge in [0.2, 0.25) is 15.9 Å². The van der Waals surface area contributed by atoms with Crippen molar-refractivity contribution < 1.29 is 16.0 Å². The number of nitrogens with one attached hydrogen (secondary N) is 1. The summed E-state index contributed by atoms with van der Waals surface area (Å²) in [6, 6.07) is 13.8. The van der Waals surface area contributed by atoms with E-state index in [2.05, 4.69) is 10.2 Å². The molecule has 1 aliphatic rings. The Balaban J connectivity index is 1.49. The number of carbonyl (C=O) groups excluding carboxylic acids is 1. The fraction of sp³-hybridized carbons (Fsp3) is 0.391. The zero-order valence-electron chi connectivity index (χ0n) is 19.7. The van der Waals surface area contributed by atoms with E-state index >= 15 is 0 Å². The van der Waals surface area contributed by atoms with E-state index in [1.54, 1.807) is 24.4 Å². The summed E-state index contributed by atoms with van der Waals surface area (Å²) in [7, 11) is -3.70. The quantitative estimate of drug-likeness (QED) is 0.632. The van der Waals surface area contributed by atoms with E-state index in [0.717, 1.165) is 10.9 Å². The summed E-state index contributed by atoms with van der Waals surface area (Å²) in [5.41, 5.74) is 1.50. The molecule has 0 bridgehead atoms. The Bertz CT molecular complexity index is 1230. The second-order valence-electron chi connectivity index (χ2n) is 7.82. The van der Waals surface area contributed by atoms with Crippen LogP contribution in [-0.2, 0) is 14.8 Å². The molecule has 1 fully saturated rings. The predicted octanol–water partition coefficient (Wildman–Crippen LogP) is 3.57. The van der Waals surface area contributed by atoms with E-state index in [4.69, 9.17) is 2.74 Å². The standard InChI is InChI=1S/C23H28N4O3S/c1-3-27(17(2)18-7-5-4-6-8-18)23(28)19-11-13-26(14-12-19)31(29,30)21-10-9-20-16-24-25-22(20)15-21/h4-10,15-17,19H,3,11-14H2,1-2H3,(H,24,25)/t17-/m1/s1/i3D2. The van der Waals surface area contributed by atoms with E-state index in [1.807, 2.05) is 37.3 Å². The van der Waals surface area contributed by atoms with Gasteiger partial charge in [0.25, 0.3) is 0 Å². The van der Waals surface area contributed by atoms with E-state index in [-0.39, 0.29) is 23.9 Å². The molecule has 0 saturated carbocycles. The molecule has 0 radical (unpaired) electrons. The highest BCUT2D eigenvalue weighted by Crippen LogP contribution is 2.29. The van der Waals surface area contributed by atoms with Crippen LogP contribution in [0.3, 0.4) is 0 Å². The Morgan fingerprint density at radius 3 is 2.65 bits per heavy atom. The molecule has 164 valence electrons. The van der Waals surface area contributed by atoms with Gasteiger partial charge in [-0.25, -0.2) is 8.42 Å². The molecule has 1 atom stereocenters. The van der Waals surface area contributed by atoms with Gasteiger partial charge in [-0.1, -0.05) is 30.3 Å². The highest BCUT2D eigenvalue weighted by molar-refractivity contribution is 7.89. The Hall–Kier alpha value is -2.71. The van der Waals surface area contributed by atoms with Crippen LogP contribution < -0.4 is 0 Å². The van der Waals surface area contributed by atoms with Crippen LogP contribution in [0, 0.1) is 5.92 Å². The Kier molecular flexibility index (Phi) is 5.40. The third kappa shape index (κ3) is 4.22. The van der Waals surface area contributed by atoms with Crippen molar-refractivity contribution in [1.82, 2.24) is 19.4 Å². The Labute approximate surface area is 185 Å². The van der Waals surface area contributed by atoms with Crippen LogP contribution in [0.2, 0.25) is 0 Å². The molecule has 0 spiro atoms. The minimum Gasteiger partial charge on any atom is -0.336 e. The molecule has 7 nitrogen and oxygen atoms in total. The molecule has 2 heterocycles. The third-order valence-corrected chi connectivity index (χ3v) is 7.90. The zero-order chi connectivity index (χ0) is 23.8. The summed E-state index contributed by atoms with van der Waals surface area (Å²) >= 11 is 0. The number of rotatable bonds is 6. The smallest absolute Gasteiger partial charge is 0.243 e. The van der Waals surface area contributed by atoms with Crippen LogP contribution in [0.15, 0.2) is 59.6 Å². The molecule has 2 aromatic carbocycles. The number of aromatic amines is 1. The van der Waals surface area contributed by atoms with Crippen molar-refractivity contribution in [3.05, 3.63) is 60.3 Å². The Morgan fingerprint density at radius 1 is 1.26 bits per heavy atom. The van der Waals surface area contributed by atoms with Crippen molar-refractivity contribution in [3.63, 3.8) is 0 Å². The Morgan fingerprint density at radius 2 is 1.97 bits per heavy atom. The fourth-order valence-corrected chi connectivity index (χ4v) is 5.64. The fourth-order valence-electron chi connectivity index (χ4n) is 4.14. The summed E-state index contributed by atoms with van der Waals surface area (Å²) in [4.78, 5) is 14.9. The van der Waals surface area contributed by atoms with E-state index in [9.17, 15) is 13.2 Å². The minimum atomic E-state index is -3.70. The van der Waals surface area contributed by atoms with Gasteiger partial charge in [-0.15, -0.1) is 0 Å². The van der Waals surface area contributed by atoms with Crippen LogP contribution in [0.1, 0.15) is 41.0 Å². The predicted molar refractivity (Wildman–Crippen MR) is 120 cm³/mol. The highest BCUT2D eigenvalue weighted by atomic mass is 32.2. The maximum Gasteiger partial charge on any atom is 0.243 e. The maximum atomic E-state index is 13.4. The van der Waals surface area contributed by atoms with Crippen LogP contribution >= 0.6 is 0 Å². The zero-order valence-corrected chi connectivity index (χ0v) is 18.5. The van der Waals surface area contributed by atoms with Crippen LogP contribution in [0.25, 0.3) is 10.9 Å². The molecule has 31 heavy (non-hydrogen) atoms. The number of carbonyl (C=O) groups is 1. The number of hydrogen-bond acceptors (Lipinski definition) is 4. The normalized spacial score (nSPS) is 18.4. The van der Waals surface area contributed by atoms with Crippen LogP contribution in [0.4, 0.5) is 0 Å². The lowest BCUT2D eigenvalue weighted by atomic mass is 9.95. The van der Waals surface area contributed by atoms with Gasteiger partial charge in [0.1, 0.15) is 0 Å². The molecule has 0 unspecified atom stereocenters. The van der Waals surface area contributed by atoms with Gasteiger partial charge in [0.15, 0.2) is 0 Å². The molecule has 0 aliphatic carbocycles. The van der Waals surface area contributed by atoms with E-state index in [0.29, 0.717) is 18.4 Å². The summed E-state index contributed by atoms with van der Waals surface area (Å²) in [5, 5.41) is 7.55. The lowest BCUT2D eigenvalue weighted by Gasteiger charge is -2.36. The first-order valence-electron chi connectivity index (χ1n) is 11.4. The number of nitrogens with zero attached hydrogens (tertiary/aromatic N) is 3. The molecule has 8 heteroatoms. The van der Waals surface area contributed by atoms with Gasteiger partial charge < -0.3 is 4.90 Å². The molecule has 1 N–H and O–H groups in total. The van der Waals surface area contributed by atoms with E-state index < -0.39 is 28.5 Å². The number of sulfonamides is 1. The maximum absolute atomic E-state index is 13.4. The van der Waals surface area contributed by atoms with Gasteiger partial charge in [-0.2, -0.15) is 9.40 Å². The number of fused-ring (bicyclic) bond motifs is 1. The summed E-state index contributed by atoms with van der Waals surface area (Å²) in [5.74, 6) is -0.720. The van der Waals surface area contributed by atoms with Gasteiger partial charge in [0, 0.05) is 33.6 Å². The number of piperidine rings is 1. The monoisotopic (exact) mass is 442 g/mol. The molecule has 4 rings (SSSR count). The minimum absolute atomic E-state index is 0.188. The van der Waals surface area contributed by atoms with Crippen LogP contribution in [0.5, 0.6) is 0 Å². The molecule has 1 aromatic heterocycles. The topological polar surface area (TPSA) is 86.4 Å². The largest absolute Gasteiger partial charge is 0.336 e. The summed E-state index contributed by atoms with van der Waals surface area (Å²) in [6.45, 7) is 1.77. The molecular weight excluding hydrogens is 412 g/mol. The van der Waals surface area contributed by atoms with Crippen molar-refractivity contribution in [2.24, 2.45) is 5.92 Å². The number of hydrogen-bond donors (Lipinski definition) is 1. The second kappa shape index (κ2) is 8.80. The van der Waals surface area contributed by atoms with E-state index in [1.165, 1.54) is 16.1 Å². The van der Waals surface area contributed by atoms with Crippen molar-refractivity contribution in [3.8, 4) is 0 Å². The lowest BCUT2D eigenvalue weighted by molar-refractivity contribution is -0.138. The average molecular weight is 443 g/mol. The number of aromatic nitrogens is 2. The second-order valence-corrected chi connectivity index (χ2v) is 9.75. The number of amides is 1. The van der Waals surface area contributed by atoms with Gasteiger partial charge in [-0.05, 0) is 50.5 Å². The van der Waals surface area contributed by atoms with Crippen molar-refractivity contribution in [2.75, 3.05) is 19.6 Å². The first-order valence-corrected chi connectivity index (χ1v) is 11.8. The molecule has 3 aromatic rings. The van der Waals surface area contributed by atoms with Gasteiger partial charge in [-0.3, -0.25) is 9.89 Å². The number of benzene rings is 2. The molecule has 1 amide bonds. The molecule has 1 saturated heterocycles. The number of H-pyrrole nitrogens is 1. The summed E-state index contributed by atoms with van der Waals surface area (Å²) < 4.78 is 44.3. The molecule has 1 aliphatic heterocycles. The van der Waals surface area contributed by atoms with Gasteiger partial charge >= 0.3 is 0 Å². The van der Waals surface area contributed by atoms with Crippen molar-refractivity contribution in [2.45, 2.75) is 37.6 Å².